The van der Waals surface area contributed by atoms with Gasteiger partial charge in [-0.3, -0.25) is 0 Å². The van der Waals surface area contributed by atoms with Crippen LogP contribution in [0, 0.1) is 6.92 Å². The van der Waals surface area contributed by atoms with Crippen molar-refractivity contribution in [1.29, 1.82) is 0 Å². The lowest BCUT2D eigenvalue weighted by Crippen LogP contribution is -1.75. The Kier molecular flexibility index (Phi) is 2.11. The molecule has 0 spiro atoms. The number of aryl methyl sites for hydroxylation is 1. The monoisotopic (exact) mass is 192 g/mol. The van der Waals surface area contributed by atoms with Crippen LogP contribution >= 0.6 is 11.6 Å². The first-order chi connectivity index (χ1) is 6.27. The first-order valence-corrected chi connectivity index (χ1v) is 4.45. The highest BCUT2D eigenvalue weighted by atomic mass is 35.5. The van der Waals surface area contributed by atoms with Gasteiger partial charge in [0.2, 0.25) is 0 Å². The van der Waals surface area contributed by atoms with Gasteiger partial charge in [0.25, 0.3) is 0 Å². The van der Waals surface area contributed by atoms with Crippen LogP contribution < -0.4 is 0 Å². The van der Waals surface area contributed by atoms with Crippen LogP contribution in [0.3, 0.4) is 0 Å². The van der Waals surface area contributed by atoms with Gasteiger partial charge in [0, 0.05) is 10.6 Å². The van der Waals surface area contributed by atoms with E-state index >= 15 is 0 Å². The highest BCUT2D eigenvalue weighted by Crippen LogP contribution is 2.25. The lowest BCUT2D eigenvalue weighted by molar-refractivity contribution is 0.535. The molecule has 0 aliphatic carbocycles. The van der Waals surface area contributed by atoms with E-state index in [1.54, 1.807) is 6.26 Å². The van der Waals surface area contributed by atoms with Crippen molar-refractivity contribution < 1.29 is 4.42 Å². The molecule has 1 aromatic carbocycles. The van der Waals surface area contributed by atoms with Gasteiger partial charge in [-0.25, -0.2) is 0 Å². The van der Waals surface area contributed by atoms with Crippen LogP contribution in [0.1, 0.15) is 5.76 Å². The number of halogens is 1. The maximum atomic E-state index is 5.79. The molecule has 0 fully saturated rings. The van der Waals surface area contributed by atoms with Crippen LogP contribution in [0.4, 0.5) is 0 Å². The van der Waals surface area contributed by atoms with Crippen molar-refractivity contribution in [2.45, 2.75) is 6.92 Å². The molecular weight excluding hydrogens is 184 g/mol. The van der Waals surface area contributed by atoms with E-state index in [0.29, 0.717) is 0 Å². The second kappa shape index (κ2) is 3.27. The van der Waals surface area contributed by atoms with Gasteiger partial charge < -0.3 is 4.42 Å². The topological polar surface area (TPSA) is 13.1 Å². The van der Waals surface area contributed by atoms with Crippen molar-refractivity contribution in [3.8, 4) is 11.1 Å². The molecule has 0 radical (unpaired) electrons. The van der Waals surface area contributed by atoms with Gasteiger partial charge in [0.05, 0.1) is 6.26 Å². The Labute approximate surface area is 82.0 Å². The Balaban J connectivity index is 2.47. The van der Waals surface area contributed by atoms with Gasteiger partial charge >= 0.3 is 0 Å². The molecule has 2 aromatic rings. The third kappa shape index (κ3) is 1.61. The minimum Gasteiger partial charge on any atom is -0.469 e. The molecule has 0 unspecified atom stereocenters. The van der Waals surface area contributed by atoms with Gasteiger partial charge in [-0.15, -0.1) is 0 Å². The van der Waals surface area contributed by atoms with E-state index in [1.807, 2.05) is 37.3 Å². The van der Waals surface area contributed by atoms with E-state index in [4.69, 9.17) is 16.0 Å². The summed E-state index contributed by atoms with van der Waals surface area (Å²) < 4.78 is 5.22. The second-order valence-corrected chi connectivity index (χ2v) is 3.33. The number of hydrogen-bond donors (Lipinski definition) is 0. The predicted octanol–water partition coefficient (Wildman–Crippen LogP) is 3.91. The predicted molar refractivity (Wildman–Crippen MR) is 53.9 cm³/mol. The molecule has 1 nitrogen and oxygen atoms in total. The maximum Gasteiger partial charge on any atom is 0.108 e. The molecular formula is C11H9ClO. The Morgan fingerprint density at radius 3 is 2.31 bits per heavy atom. The fraction of sp³-hybridized carbons (Fsp3) is 0.0909. The zero-order chi connectivity index (χ0) is 9.26. The lowest BCUT2D eigenvalue weighted by Gasteiger charge is -1.98. The molecule has 2 heteroatoms. The van der Waals surface area contributed by atoms with Gasteiger partial charge in [0.15, 0.2) is 0 Å². The highest BCUT2D eigenvalue weighted by Gasteiger charge is 2.03. The van der Waals surface area contributed by atoms with Gasteiger partial charge in [-0.2, -0.15) is 0 Å². The molecule has 0 amide bonds. The van der Waals surface area contributed by atoms with Crippen LogP contribution in [0.2, 0.25) is 5.02 Å². The minimum absolute atomic E-state index is 0.755. The number of hydrogen-bond acceptors (Lipinski definition) is 1. The van der Waals surface area contributed by atoms with Crippen molar-refractivity contribution in [3.05, 3.63) is 47.4 Å². The number of benzene rings is 1. The van der Waals surface area contributed by atoms with Crippen LogP contribution in [0.5, 0.6) is 0 Å². The van der Waals surface area contributed by atoms with Gasteiger partial charge in [-0.1, -0.05) is 23.7 Å². The Bertz CT molecular complexity index is 400. The molecule has 0 aliphatic heterocycles. The van der Waals surface area contributed by atoms with E-state index < -0.39 is 0 Å². The normalized spacial score (nSPS) is 10.3. The summed E-state index contributed by atoms with van der Waals surface area (Å²) in [6, 6.07) is 9.69. The van der Waals surface area contributed by atoms with Crippen molar-refractivity contribution >= 4 is 11.6 Å². The second-order valence-electron chi connectivity index (χ2n) is 2.90. The van der Waals surface area contributed by atoms with Crippen molar-refractivity contribution in [2.75, 3.05) is 0 Å². The summed E-state index contributed by atoms with van der Waals surface area (Å²) in [4.78, 5) is 0. The average Bonchev–Trinajstić information content (AvgIpc) is 2.53. The maximum absolute atomic E-state index is 5.79. The highest BCUT2D eigenvalue weighted by molar-refractivity contribution is 6.30. The Hall–Kier alpha value is -1.21. The smallest absolute Gasteiger partial charge is 0.108 e. The standard InChI is InChI=1S/C11H9ClO/c1-8-11(6-7-13-8)9-2-4-10(12)5-3-9/h2-7H,1H3. The van der Waals surface area contributed by atoms with Crippen molar-refractivity contribution in [1.82, 2.24) is 0 Å². The minimum atomic E-state index is 0.755. The largest absolute Gasteiger partial charge is 0.469 e. The molecule has 0 atom stereocenters. The first-order valence-electron chi connectivity index (χ1n) is 4.07. The molecule has 0 saturated carbocycles. The molecule has 1 aromatic heterocycles. The van der Waals surface area contributed by atoms with Crippen molar-refractivity contribution in [2.24, 2.45) is 0 Å². The number of furan rings is 1. The van der Waals surface area contributed by atoms with Crippen LogP contribution in [-0.2, 0) is 0 Å². The number of rotatable bonds is 1. The van der Waals surface area contributed by atoms with Crippen LogP contribution in [-0.4, -0.2) is 0 Å². The summed E-state index contributed by atoms with van der Waals surface area (Å²) >= 11 is 5.79. The fourth-order valence-electron chi connectivity index (χ4n) is 1.31. The third-order valence-electron chi connectivity index (χ3n) is 2.01. The molecule has 1 heterocycles. The van der Waals surface area contributed by atoms with E-state index in [-0.39, 0.29) is 0 Å². The van der Waals surface area contributed by atoms with E-state index in [1.165, 1.54) is 0 Å². The Morgan fingerprint density at radius 2 is 1.77 bits per heavy atom. The zero-order valence-corrected chi connectivity index (χ0v) is 8.01. The summed E-state index contributed by atoms with van der Waals surface area (Å²) in [5.41, 5.74) is 2.26. The molecule has 66 valence electrons. The summed E-state index contributed by atoms with van der Waals surface area (Å²) in [5.74, 6) is 0.933. The van der Waals surface area contributed by atoms with Crippen LogP contribution in [0.25, 0.3) is 11.1 Å². The van der Waals surface area contributed by atoms with E-state index in [2.05, 4.69) is 0 Å². The molecule has 0 bridgehead atoms. The molecule has 2 rings (SSSR count). The fourth-order valence-corrected chi connectivity index (χ4v) is 1.44. The van der Waals surface area contributed by atoms with Crippen LogP contribution in [0.15, 0.2) is 41.0 Å². The van der Waals surface area contributed by atoms with Gasteiger partial charge in [0.1, 0.15) is 5.76 Å². The summed E-state index contributed by atoms with van der Waals surface area (Å²) in [7, 11) is 0. The van der Waals surface area contributed by atoms with E-state index in [0.717, 1.165) is 21.9 Å². The van der Waals surface area contributed by atoms with E-state index in [9.17, 15) is 0 Å². The summed E-state index contributed by atoms with van der Waals surface area (Å²) in [5, 5.41) is 0.755. The molecule has 0 N–H and O–H groups in total. The molecule has 0 aliphatic rings. The van der Waals surface area contributed by atoms with Gasteiger partial charge in [-0.05, 0) is 30.7 Å². The summed E-state index contributed by atoms with van der Waals surface area (Å²) in [6.45, 7) is 1.95. The van der Waals surface area contributed by atoms with Crippen molar-refractivity contribution in [3.63, 3.8) is 0 Å². The molecule has 13 heavy (non-hydrogen) atoms. The zero-order valence-electron chi connectivity index (χ0n) is 7.25. The SMILES string of the molecule is Cc1occc1-c1ccc(Cl)cc1. The quantitative estimate of drug-likeness (QED) is 0.668. The lowest BCUT2D eigenvalue weighted by atomic mass is 10.1. The average molecular weight is 193 g/mol. The third-order valence-corrected chi connectivity index (χ3v) is 2.27. The molecule has 0 saturated heterocycles. The first kappa shape index (κ1) is 8.39. The summed E-state index contributed by atoms with van der Waals surface area (Å²) in [6.07, 6.45) is 1.69. The Morgan fingerprint density at radius 1 is 1.08 bits per heavy atom.